The molecule has 0 aliphatic rings. The lowest BCUT2D eigenvalue weighted by Crippen LogP contribution is -2.32. The fraction of sp³-hybridized carbons (Fsp3) is 0.133. The van der Waals surface area contributed by atoms with E-state index in [2.05, 4.69) is 28.1 Å². The first-order valence-corrected chi connectivity index (χ1v) is 6.99. The number of benzene rings is 2. The summed E-state index contributed by atoms with van der Waals surface area (Å²) in [6.07, 6.45) is 1.09. The van der Waals surface area contributed by atoms with Crippen LogP contribution in [0.2, 0.25) is 0 Å². The standard InChI is InChI=1S/C15H15BrN2O2/c16-14-12(10-9-11-5-2-1-3-6-11)7-4-8-13(14)20-15(19)18-17/h1-8H,9-10,17H2,(H,18,19). The predicted octanol–water partition coefficient (Wildman–Crippen LogP) is 3.20. The van der Waals surface area contributed by atoms with Gasteiger partial charge >= 0.3 is 6.09 Å². The summed E-state index contributed by atoms with van der Waals surface area (Å²) in [5.74, 6) is 5.46. The van der Waals surface area contributed by atoms with E-state index < -0.39 is 6.09 Å². The molecule has 0 saturated carbocycles. The molecule has 20 heavy (non-hydrogen) atoms. The Morgan fingerprint density at radius 2 is 1.85 bits per heavy atom. The van der Waals surface area contributed by atoms with E-state index in [0.717, 1.165) is 22.9 Å². The number of aryl methyl sites for hydroxylation is 2. The molecule has 104 valence electrons. The van der Waals surface area contributed by atoms with E-state index >= 15 is 0 Å². The van der Waals surface area contributed by atoms with Crippen molar-refractivity contribution in [3.63, 3.8) is 0 Å². The Bertz CT molecular complexity index is 588. The molecule has 5 heteroatoms. The van der Waals surface area contributed by atoms with Gasteiger partial charge in [0, 0.05) is 0 Å². The number of carbonyl (C=O) groups excluding carboxylic acids is 1. The van der Waals surface area contributed by atoms with Crippen molar-refractivity contribution in [1.82, 2.24) is 5.43 Å². The molecule has 2 aromatic carbocycles. The van der Waals surface area contributed by atoms with Crippen LogP contribution in [-0.4, -0.2) is 6.09 Å². The number of nitrogens with one attached hydrogen (secondary N) is 1. The van der Waals surface area contributed by atoms with Gasteiger partial charge in [-0.15, -0.1) is 0 Å². The summed E-state index contributed by atoms with van der Waals surface area (Å²) in [7, 11) is 0. The number of amides is 1. The summed E-state index contributed by atoms with van der Waals surface area (Å²) < 4.78 is 5.84. The molecule has 0 saturated heterocycles. The lowest BCUT2D eigenvalue weighted by molar-refractivity contribution is 0.200. The van der Waals surface area contributed by atoms with Gasteiger partial charge in [0.25, 0.3) is 0 Å². The Kier molecular flexibility index (Phi) is 5.15. The van der Waals surface area contributed by atoms with Gasteiger partial charge < -0.3 is 4.74 Å². The number of nitrogens with two attached hydrogens (primary N) is 1. The van der Waals surface area contributed by atoms with E-state index in [1.165, 1.54) is 5.56 Å². The third kappa shape index (κ3) is 3.82. The zero-order valence-electron chi connectivity index (χ0n) is 10.8. The lowest BCUT2D eigenvalue weighted by Gasteiger charge is -2.10. The average Bonchev–Trinajstić information content (AvgIpc) is 2.49. The van der Waals surface area contributed by atoms with Gasteiger partial charge in [0.1, 0.15) is 5.75 Å². The van der Waals surface area contributed by atoms with Crippen LogP contribution in [0.1, 0.15) is 11.1 Å². The second-order valence-corrected chi connectivity index (χ2v) is 5.04. The maximum absolute atomic E-state index is 11.1. The van der Waals surface area contributed by atoms with Crippen LogP contribution in [0.4, 0.5) is 4.79 Å². The van der Waals surface area contributed by atoms with Crippen molar-refractivity contribution in [2.24, 2.45) is 5.84 Å². The van der Waals surface area contributed by atoms with Crippen LogP contribution in [0.15, 0.2) is 53.0 Å². The molecule has 0 atom stereocenters. The average molecular weight is 335 g/mol. The highest BCUT2D eigenvalue weighted by atomic mass is 79.9. The fourth-order valence-electron chi connectivity index (χ4n) is 1.88. The van der Waals surface area contributed by atoms with Crippen molar-refractivity contribution >= 4 is 22.0 Å². The van der Waals surface area contributed by atoms with E-state index in [0.29, 0.717) is 5.75 Å². The Morgan fingerprint density at radius 3 is 2.55 bits per heavy atom. The van der Waals surface area contributed by atoms with Gasteiger partial charge in [-0.3, -0.25) is 5.43 Å². The van der Waals surface area contributed by atoms with Crippen LogP contribution in [0, 0.1) is 0 Å². The summed E-state index contributed by atoms with van der Waals surface area (Å²) in [5.41, 5.74) is 4.28. The van der Waals surface area contributed by atoms with Gasteiger partial charge in [-0.2, -0.15) is 0 Å². The highest BCUT2D eigenvalue weighted by Gasteiger charge is 2.10. The van der Waals surface area contributed by atoms with Crippen molar-refractivity contribution in [3.05, 3.63) is 64.1 Å². The van der Waals surface area contributed by atoms with Crippen molar-refractivity contribution in [2.75, 3.05) is 0 Å². The molecule has 0 aromatic heterocycles. The predicted molar refractivity (Wildman–Crippen MR) is 81.3 cm³/mol. The minimum absolute atomic E-state index is 0.457. The Labute approximate surface area is 126 Å². The highest BCUT2D eigenvalue weighted by molar-refractivity contribution is 9.10. The van der Waals surface area contributed by atoms with Gasteiger partial charge in [0.2, 0.25) is 0 Å². The van der Waals surface area contributed by atoms with E-state index in [1.54, 1.807) is 6.07 Å². The molecule has 0 spiro atoms. The molecule has 0 heterocycles. The molecule has 0 aliphatic heterocycles. The van der Waals surface area contributed by atoms with Crippen molar-refractivity contribution in [3.8, 4) is 5.75 Å². The summed E-state index contributed by atoms with van der Waals surface area (Å²) in [5, 5.41) is 0. The molecule has 3 N–H and O–H groups in total. The van der Waals surface area contributed by atoms with Crippen LogP contribution < -0.4 is 16.0 Å². The van der Waals surface area contributed by atoms with E-state index in [1.807, 2.05) is 35.8 Å². The first-order chi connectivity index (χ1) is 9.70. The Hall–Kier alpha value is -1.85. The molecular formula is C15H15BrN2O2. The smallest absolute Gasteiger partial charge is 0.408 e. The molecule has 1 amide bonds. The molecular weight excluding hydrogens is 320 g/mol. The number of hydrogen-bond donors (Lipinski definition) is 2. The number of halogens is 1. The molecule has 0 bridgehead atoms. The SMILES string of the molecule is NNC(=O)Oc1cccc(CCc2ccccc2)c1Br. The summed E-state index contributed by atoms with van der Waals surface area (Å²) >= 11 is 3.47. The summed E-state index contributed by atoms with van der Waals surface area (Å²) in [6.45, 7) is 0. The summed E-state index contributed by atoms with van der Waals surface area (Å²) in [4.78, 5) is 11.1. The third-order valence-electron chi connectivity index (χ3n) is 2.89. The Balaban J connectivity index is 2.08. The van der Waals surface area contributed by atoms with Crippen molar-refractivity contribution in [2.45, 2.75) is 12.8 Å². The maximum atomic E-state index is 11.1. The number of hydrazine groups is 1. The van der Waals surface area contributed by atoms with Gasteiger partial charge in [-0.25, -0.2) is 10.6 Å². The first kappa shape index (κ1) is 14.6. The molecule has 0 fully saturated rings. The van der Waals surface area contributed by atoms with E-state index in [-0.39, 0.29) is 0 Å². The number of rotatable bonds is 4. The molecule has 2 rings (SSSR count). The quantitative estimate of drug-likeness (QED) is 0.512. The van der Waals surface area contributed by atoms with Crippen LogP contribution in [0.25, 0.3) is 0 Å². The monoisotopic (exact) mass is 334 g/mol. The van der Waals surface area contributed by atoms with E-state index in [4.69, 9.17) is 10.6 Å². The lowest BCUT2D eigenvalue weighted by atomic mass is 10.0. The van der Waals surface area contributed by atoms with Gasteiger partial charge in [0.05, 0.1) is 4.47 Å². The molecule has 0 radical (unpaired) electrons. The maximum Gasteiger partial charge on any atom is 0.426 e. The topological polar surface area (TPSA) is 64.3 Å². The first-order valence-electron chi connectivity index (χ1n) is 6.20. The second kappa shape index (κ2) is 7.07. The molecule has 4 nitrogen and oxygen atoms in total. The normalized spacial score (nSPS) is 10.1. The van der Waals surface area contributed by atoms with Crippen molar-refractivity contribution < 1.29 is 9.53 Å². The fourth-order valence-corrected chi connectivity index (χ4v) is 2.42. The minimum Gasteiger partial charge on any atom is -0.408 e. The molecule has 0 unspecified atom stereocenters. The number of carbonyl (C=O) groups is 1. The number of hydrogen-bond acceptors (Lipinski definition) is 3. The highest BCUT2D eigenvalue weighted by Crippen LogP contribution is 2.29. The van der Waals surface area contributed by atoms with E-state index in [9.17, 15) is 4.79 Å². The molecule has 2 aromatic rings. The van der Waals surface area contributed by atoms with Crippen LogP contribution in [0.3, 0.4) is 0 Å². The second-order valence-electron chi connectivity index (χ2n) is 4.25. The van der Waals surface area contributed by atoms with Gasteiger partial charge in [-0.05, 0) is 46.0 Å². The van der Waals surface area contributed by atoms with Crippen molar-refractivity contribution in [1.29, 1.82) is 0 Å². The van der Waals surface area contributed by atoms with Gasteiger partial charge in [0.15, 0.2) is 0 Å². The van der Waals surface area contributed by atoms with Crippen LogP contribution in [-0.2, 0) is 12.8 Å². The van der Waals surface area contributed by atoms with Crippen LogP contribution in [0.5, 0.6) is 5.75 Å². The summed E-state index contributed by atoms with van der Waals surface area (Å²) in [6, 6.07) is 15.8. The molecule has 0 aliphatic carbocycles. The van der Waals surface area contributed by atoms with Gasteiger partial charge in [-0.1, -0.05) is 42.5 Å². The zero-order valence-corrected chi connectivity index (χ0v) is 12.4. The zero-order chi connectivity index (χ0) is 14.4. The minimum atomic E-state index is -0.689. The number of ether oxygens (including phenoxy) is 1. The largest absolute Gasteiger partial charge is 0.426 e. The Morgan fingerprint density at radius 1 is 1.10 bits per heavy atom. The van der Waals surface area contributed by atoms with Crippen LogP contribution >= 0.6 is 15.9 Å². The third-order valence-corrected chi connectivity index (χ3v) is 3.79.